The summed E-state index contributed by atoms with van der Waals surface area (Å²) in [6, 6.07) is 56.6. The van der Waals surface area contributed by atoms with Gasteiger partial charge in [-0.15, -0.1) is 0 Å². The van der Waals surface area contributed by atoms with Gasteiger partial charge in [-0.25, -0.2) is 0 Å². The Kier molecular flexibility index (Phi) is 10.0. The zero-order valence-corrected chi connectivity index (χ0v) is 33.3. The molecular formula is C48H36I2O2. The van der Waals surface area contributed by atoms with Crippen LogP contribution < -0.4 is 9.47 Å². The summed E-state index contributed by atoms with van der Waals surface area (Å²) < 4.78 is 13.7. The lowest BCUT2D eigenvalue weighted by molar-refractivity contribution is 0.415. The fourth-order valence-electron chi connectivity index (χ4n) is 7.59. The van der Waals surface area contributed by atoms with Crippen LogP contribution in [0.2, 0.25) is 0 Å². The van der Waals surface area contributed by atoms with Crippen molar-refractivity contribution in [2.24, 2.45) is 0 Å². The molecule has 0 aliphatic heterocycles. The van der Waals surface area contributed by atoms with E-state index in [0.717, 1.165) is 24.3 Å². The summed E-state index contributed by atoms with van der Waals surface area (Å²) in [7, 11) is 3.45. The number of rotatable bonds is 9. The summed E-state index contributed by atoms with van der Waals surface area (Å²) in [6.45, 7) is 0. The molecule has 0 spiro atoms. The molecule has 0 unspecified atom stereocenters. The van der Waals surface area contributed by atoms with Crippen LogP contribution in [0, 0.1) is 7.14 Å². The number of hydrogen-bond donors (Lipinski definition) is 0. The van der Waals surface area contributed by atoms with Gasteiger partial charge in [0.2, 0.25) is 0 Å². The number of hydrogen-bond acceptors (Lipinski definition) is 2. The van der Waals surface area contributed by atoms with E-state index in [1.54, 1.807) is 14.2 Å². The van der Waals surface area contributed by atoms with Crippen LogP contribution in [0.25, 0.3) is 66.1 Å². The number of fused-ring (bicyclic) bond motifs is 2. The van der Waals surface area contributed by atoms with Gasteiger partial charge in [0.15, 0.2) is 0 Å². The molecule has 4 heteroatoms. The van der Waals surface area contributed by atoms with Gasteiger partial charge in [-0.3, -0.25) is 0 Å². The largest absolute Gasteiger partial charge is 0.497 e. The Morgan fingerprint density at radius 1 is 0.346 bits per heavy atom. The molecule has 0 atom stereocenters. The summed E-state index contributed by atoms with van der Waals surface area (Å²) in [5.74, 6) is 1.71. The Bertz CT molecular complexity index is 2350. The van der Waals surface area contributed by atoms with Crippen LogP contribution in [0.1, 0.15) is 11.1 Å². The lowest BCUT2D eigenvalue weighted by Crippen LogP contribution is -2.05. The SMILES string of the molecule is COc1ccc(-c2c(CCc3c(I)c(-c4ccccc4)c4ccccc4c3-c3ccc(OC)cc3)c(I)c(-c3ccccc3)c3ccccc23)cc1. The van der Waals surface area contributed by atoms with Gasteiger partial charge in [0.25, 0.3) is 0 Å². The second-order valence-electron chi connectivity index (χ2n) is 12.9. The van der Waals surface area contributed by atoms with Gasteiger partial charge < -0.3 is 9.47 Å². The maximum Gasteiger partial charge on any atom is 0.118 e. The fourth-order valence-corrected chi connectivity index (χ4v) is 9.87. The van der Waals surface area contributed by atoms with Gasteiger partial charge in [0.05, 0.1) is 14.2 Å². The maximum atomic E-state index is 5.58. The highest BCUT2D eigenvalue weighted by atomic mass is 127. The van der Waals surface area contributed by atoms with Crippen molar-refractivity contribution >= 4 is 66.7 Å². The molecule has 0 aliphatic carbocycles. The van der Waals surface area contributed by atoms with Crippen molar-refractivity contribution in [3.05, 3.63) is 176 Å². The van der Waals surface area contributed by atoms with Crippen LogP contribution >= 0.6 is 45.2 Å². The lowest BCUT2D eigenvalue weighted by Gasteiger charge is -2.23. The Labute approximate surface area is 332 Å². The van der Waals surface area contributed by atoms with E-state index < -0.39 is 0 Å². The summed E-state index contributed by atoms with van der Waals surface area (Å²) in [4.78, 5) is 0. The van der Waals surface area contributed by atoms with Crippen LogP contribution in [-0.2, 0) is 12.8 Å². The van der Waals surface area contributed by atoms with Crippen molar-refractivity contribution in [2.45, 2.75) is 12.8 Å². The zero-order chi connectivity index (χ0) is 35.6. The van der Waals surface area contributed by atoms with Crippen molar-refractivity contribution in [1.29, 1.82) is 0 Å². The minimum Gasteiger partial charge on any atom is -0.497 e. The van der Waals surface area contributed by atoms with Crippen molar-refractivity contribution < 1.29 is 9.47 Å². The van der Waals surface area contributed by atoms with Crippen LogP contribution in [0.5, 0.6) is 11.5 Å². The second-order valence-corrected chi connectivity index (χ2v) is 15.0. The first-order valence-corrected chi connectivity index (χ1v) is 19.6. The summed E-state index contributed by atoms with van der Waals surface area (Å²) >= 11 is 5.26. The Morgan fingerprint density at radius 3 is 0.962 bits per heavy atom. The minimum atomic E-state index is 0.855. The van der Waals surface area contributed by atoms with E-state index in [-0.39, 0.29) is 0 Å². The highest BCUT2D eigenvalue weighted by Gasteiger charge is 2.24. The highest BCUT2D eigenvalue weighted by molar-refractivity contribution is 14.1. The first kappa shape index (κ1) is 34.4. The Morgan fingerprint density at radius 2 is 0.635 bits per heavy atom. The molecule has 8 aromatic carbocycles. The molecule has 0 amide bonds. The van der Waals surface area contributed by atoms with Gasteiger partial charge in [0.1, 0.15) is 11.5 Å². The molecule has 0 heterocycles. The van der Waals surface area contributed by atoms with Crippen LogP contribution in [0.3, 0.4) is 0 Å². The zero-order valence-electron chi connectivity index (χ0n) is 29.0. The topological polar surface area (TPSA) is 18.5 Å². The van der Waals surface area contributed by atoms with Gasteiger partial charge in [-0.2, -0.15) is 0 Å². The average molecular weight is 899 g/mol. The monoisotopic (exact) mass is 898 g/mol. The molecule has 0 bridgehead atoms. The first-order valence-electron chi connectivity index (χ1n) is 17.4. The molecule has 0 saturated heterocycles. The molecule has 2 nitrogen and oxygen atoms in total. The number of methoxy groups -OCH3 is 2. The number of halogens is 2. The molecule has 0 fully saturated rings. The lowest BCUT2D eigenvalue weighted by atomic mass is 9.83. The van der Waals surface area contributed by atoms with E-state index in [2.05, 4.69) is 203 Å². The van der Waals surface area contributed by atoms with Crippen LogP contribution in [0.4, 0.5) is 0 Å². The molecule has 0 aliphatic rings. The first-order chi connectivity index (χ1) is 25.6. The van der Waals surface area contributed by atoms with E-state index in [0.29, 0.717) is 0 Å². The summed E-state index contributed by atoms with van der Waals surface area (Å²) in [5.41, 5.74) is 12.7. The van der Waals surface area contributed by atoms with Gasteiger partial charge in [0, 0.05) is 18.3 Å². The molecule has 0 N–H and O–H groups in total. The van der Waals surface area contributed by atoms with E-state index in [9.17, 15) is 0 Å². The number of ether oxygens (including phenoxy) is 2. The van der Waals surface area contributed by atoms with Crippen molar-refractivity contribution in [2.75, 3.05) is 14.2 Å². The average Bonchev–Trinajstić information content (AvgIpc) is 3.20. The third kappa shape index (κ3) is 6.37. The predicted molar refractivity (Wildman–Crippen MR) is 236 cm³/mol. The third-order valence-electron chi connectivity index (χ3n) is 10.0. The molecule has 8 aromatic rings. The van der Waals surface area contributed by atoms with Crippen molar-refractivity contribution in [3.8, 4) is 56.0 Å². The van der Waals surface area contributed by atoms with E-state index in [4.69, 9.17) is 9.47 Å². The van der Waals surface area contributed by atoms with Gasteiger partial charge >= 0.3 is 0 Å². The van der Waals surface area contributed by atoms with Gasteiger partial charge in [-0.05, 0) is 148 Å². The summed E-state index contributed by atoms with van der Waals surface area (Å²) in [5, 5.41) is 5.04. The molecule has 8 rings (SSSR count). The minimum absolute atomic E-state index is 0.855. The Hall–Kier alpha value is -4.66. The third-order valence-corrected chi connectivity index (χ3v) is 12.4. The van der Waals surface area contributed by atoms with Gasteiger partial charge in [-0.1, -0.05) is 133 Å². The van der Waals surface area contributed by atoms with Crippen molar-refractivity contribution in [1.82, 2.24) is 0 Å². The van der Waals surface area contributed by atoms with Crippen molar-refractivity contribution in [3.63, 3.8) is 0 Å². The summed E-state index contributed by atoms with van der Waals surface area (Å²) in [6.07, 6.45) is 1.71. The molecular weight excluding hydrogens is 862 g/mol. The maximum absolute atomic E-state index is 5.58. The van der Waals surface area contributed by atoms with Crippen LogP contribution in [0.15, 0.2) is 158 Å². The molecule has 0 aromatic heterocycles. The molecule has 0 saturated carbocycles. The normalized spacial score (nSPS) is 11.2. The number of benzene rings is 8. The molecule has 254 valence electrons. The standard InChI is InChI=1S/C48H36I2O2/c1-51-35-25-21-33(22-26-35)43-37-17-9-11-19-39(37)45(31-13-5-3-6-14-31)47(49)41(43)29-30-42-44(34-23-27-36(52-2)28-24-34)38-18-10-12-20-40(38)46(48(42)50)32-15-7-4-8-16-32/h3-28H,29-30H2,1-2H3. The quantitative estimate of drug-likeness (QED) is 0.134. The smallest absolute Gasteiger partial charge is 0.118 e. The Balaban J connectivity index is 1.40. The molecule has 0 radical (unpaired) electrons. The van der Waals surface area contributed by atoms with E-state index >= 15 is 0 Å². The predicted octanol–water partition coefficient (Wildman–Crippen LogP) is 13.7. The van der Waals surface area contributed by atoms with E-state index in [1.807, 2.05) is 0 Å². The highest BCUT2D eigenvalue weighted by Crippen LogP contribution is 2.46. The molecule has 52 heavy (non-hydrogen) atoms. The fraction of sp³-hybridized carbons (Fsp3) is 0.0833. The second kappa shape index (κ2) is 15.1. The van der Waals surface area contributed by atoms with E-state index in [1.165, 1.54) is 84.3 Å². The van der Waals surface area contributed by atoms with Crippen LogP contribution in [-0.4, -0.2) is 14.2 Å².